The normalized spacial score (nSPS) is 23.0. The minimum atomic E-state index is -1.27. The molecule has 1 saturated heterocycles. The van der Waals surface area contributed by atoms with Crippen LogP contribution in [0.25, 0.3) is 0 Å². The Balaban J connectivity index is 2.19. The van der Waals surface area contributed by atoms with E-state index >= 15 is 0 Å². The van der Waals surface area contributed by atoms with Gasteiger partial charge in [0, 0.05) is 0 Å². The van der Waals surface area contributed by atoms with E-state index in [1.54, 1.807) is 60.5 Å². The molecule has 0 bridgehead atoms. The van der Waals surface area contributed by atoms with Crippen molar-refractivity contribution in [3.05, 3.63) is 70.8 Å². The number of likely N-dealkylation sites (tertiary alicyclic amines) is 1. The first-order valence-corrected chi connectivity index (χ1v) is 9.79. The number of nitriles is 2. The van der Waals surface area contributed by atoms with Crippen LogP contribution in [0.3, 0.4) is 0 Å². The number of piperidine rings is 1. The van der Waals surface area contributed by atoms with Gasteiger partial charge < -0.3 is 9.47 Å². The van der Waals surface area contributed by atoms with Crippen molar-refractivity contribution in [2.75, 3.05) is 21.3 Å². The summed E-state index contributed by atoms with van der Waals surface area (Å²) in [4.78, 5) is 40.7. The van der Waals surface area contributed by atoms with Crippen molar-refractivity contribution in [3.8, 4) is 12.1 Å². The van der Waals surface area contributed by atoms with Gasteiger partial charge in [-0.15, -0.1) is 0 Å². The van der Waals surface area contributed by atoms with Crippen LogP contribution < -0.4 is 0 Å². The summed E-state index contributed by atoms with van der Waals surface area (Å²) >= 11 is 0. The Morgan fingerprint density at radius 2 is 1.12 bits per heavy atom. The molecular weight excluding hydrogens is 410 g/mol. The van der Waals surface area contributed by atoms with E-state index in [1.807, 2.05) is 12.1 Å². The predicted octanol–water partition coefficient (Wildman–Crippen LogP) is 2.31. The number of rotatable bonds is 4. The van der Waals surface area contributed by atoms with Crippen LogP contribution in [-0.2, 0) is 23.9 Å². The van der Waals surface area contributed by atoms with Crippen LogP contribution in [0, 0.1) is 34.5 Å². The molecule has 0 aliphatic carbocycles. The second-order valence-corrected chi connectivity index (χ2v) is 7.43. The maximum absolute atomic E-state index is 13.6. The second kappa shape index (κ2) is 9.42. The molecular formula is C24H21N3O5. The lowest BCUT2D eigenvalue weighted by Gasteiger charge is -2.46. The zero-order valence-electron chi connectivity index (χ0n) is 17.8. The fourth-order valence-corrected chi connectivity index (χ4v) is 4.26. The maximum atomic E-state index is 13.6. The summed E-state index contributed by atoms with van der Waals surface area (Å²) in [6.45, 7) is 0. The Morgan fingerprint density at radius 1 is 0.781 bits per heavy atom. The van der Waals surface area contributed by atoms with Crippen molar-refractivity contribution < 1.29 is 23.9 Å². The van der Waals surface area contributed by atoms with Crippen LogP contribution in [0.1, 0.15) is 34.3 Å². The smallest absolute Gasteiger partial charge is 0.318 e. The SMILES string of the molecule is COC(=O)C1C(=O)C(C(=O)OC)C(c2ccc(C#N)cc2)N(C)C1c1ccc(C#N)cc1. The lowest BCUT2D eigenvalue weighted by molar-refractivity contribution is -0.167. The third kappa shape index (κ3) is 3.96. The third-order valence-electron chi connectivity index (χ3n) is 5.79. The first-order valence-electron chi connectivity index (χ1n) is 9.79. The first kappa shape index (κ1) is 22.7. The number of hydrogen-bond acceptors (Lipinski definition) is 8. The number of benzene rings is 2. The van der Waals surface area contributed by atoms with Gasteiger partial charge in [-0.3, -0.25) is 19.3 Å². The van der Waals surface area contributed by atoms with Gasteiger partial charge in [0.25, 0.3) is 0 Å². The number of nitrogens with zero attached hydrogens (tertiary/aromatic N) is 3. The Bertz CT molecular complexity index is 1020. The molecule has 162 valence electrons. The number of carbonyl (C=O) groups excluding carboxylic acids is 3. The van der Waals surface area contributed by atoms with Gasteiger partial charge in [0.1, 0.15) is 11.8 Å². The quantitative estimate of drug-likeness (QED) is 0.534. The van der Waals surface area contributed by atoms with E-state index in [9.17, 15) is 14.4 Å². The molecule has 1 aliphatic rings. The summed E-state index contributed by atoms with van der Waals surface area (Å²) < 4.78 is 9.82. The number of hydrogen-bond donors (Lipinski definition) is 0. The minimum absolute atomic E-state index is 0.434. The van der Waals surface area contributed by atoms with Crippen LogP contribution in [0.2, 0.25) is 0 Å². The van der Waals surface area contributed by atoms with E-state index in [1.165, 1.54) is 14.2 Å². The van der Waals surface area contributed by atoms with Gasteiger partial charge >= 0.3 is 11.9 Å². The third-order valence-corrected chi connectivity index (χ3v) is 5.79. The molecule has 0 radical (unpaired) electrons. The van der Waals surface area contributed by atoms with Crippen molar-refractivity contribution in [3.63, 3.8) is 0 Å². The maximum Gasteiger partial charge on any atom is 0.318 e. The van der Waals surface area contributed by atoms with Gasteiger partial charge in [0.05, 0.1) is 49.6 Å². The summed E-state index contributed by atoms with van der Waals surface area (Å²) in [6.07, 6.45) is 0. The largest absolute Gasteiger partial charge is 0.468 e. The minimum Gasteiger partial charge on any atom is -0.468 e. The fraction of sp³-hybridized carbons (Fsp3) is 0.292. The van der Waals surface area contributed by atoms with Crippen molar-refractivity contribution in [1.82, 2.24) is 4.90 Å². The Hall–Kier alpha value is -4.01. The van der Waals surface area contributed by atoms with Crippen molar-refractivity contribution >= 4 is 17.7 Å². The highest BCUT2D eigenvalue weighted by molar-refractivity contribution is 6.10. The summed E-state index contributed by atoms with van der Waals surface area (Å²) in [5.74, 6) is -4.66. The summed E-state index contributed by atoms with van der Waals surface area (Å²) in [5, 5.41) is 18.2. The number of carbonyl (C=O) groups is 3. The highest BCUT2D eigenvalue weighted by atomic mass is 16.5. The molecule has 0 aromatic heterocycles. The second-order valence-electron chi connectivity index (χ2n) is 7.43. The number of esters is 2. The molecule has 1 fully saturated rings. The zero-order chi connectivity index (χ0) is 23.4. The van der Waals surface area contributed by atoms with E-state index < -0.39 is 41.6 Å². The van der Waals surface area contributed by atoms with Crippen LogP contribution in [0.4, 0.5) is 0 Å². The molecule has 8 nitrogen and oxygen atoms in total. The van der Waals surface area contributed by atoms with Gasteiger partial charge in [-0.1, -0.05) is 24.3 Å². The lowest BCUT2D eigenvalue weighted by atomic mass is 9.73. The summed E-state index contributed by atoms with van der Waals surface area (Å²) in [6, 6.07) is 15.7. The van der Waals surface area contributed by atoms with Crippen molar-refractivity contribution in [2.45, 2.75) is 12.1 Å². The molecule has 0 N–H and O–H groups in total. The van der Waals surface area contributed by atoms with Gasteiger partial charge in [0.15, 0.2) is 5.78 Å². The zero-order valence-corrected chi connectivity index (χ0v) is 17.8. The van der Waals surface area contributed by atoms with Crippen LogP contribution in [0.5, 0.6) is 0 Å². The van der Waals surface area contributed by atoms with E-state index in [-0.39, 0.29) is 0 Å². The van der Waals surface area contributed by atoms with Gasteiger partial charge in [-0.25, -0.2) is 0 Å². The highest BCUT2D eigenvalue weighted by Gasteiger charge is 2.54. The number of ketones is 1. The molecule has 0 saturated carbocycles. The Morgan fingerprint density at radius 3 is 1.41 bits per heavy atom. The van der Waals surface area contributed by atoms with Gasteiger partial charge in [-0.05, 0) is 42.4 Å². The van der Waals surface area contributed by atoms with Crippen molar-refractivity contribution in [1.29, 1.82) is 10.5 Å². The van der Waals surface area contributed by atoms with Crippen molar-refractivity contribution in [2.24, 2.45) is 11.8 Å². The average Bonchev–Trinajstić information content (AvgIpc) is 2.84. The first-order chi connectivity index (χ1) is 15.4. The number of ether oxygens (including phenoxy) is 2. The summed E-state index contributed by atoms with van der Waals surface area (Å²) in [7, 11) is 4.08. The van der Waals surface area contributed by atoms with Crippen LogP contribution in [0.15, 0.2) is 48.5 Å². The molecule has 1 heterocycles. The molecule has 32 heavy (non-hydrogen) atoms. The van der Waals surface area contributed by atoms with Crippen LogP contribution >= 0.6 is 0 Å². The standard InChI is InChI=1S/C24H21N3O5/c1-27-20(16-8-4-14(12-25)5-9-16)18(23(29)31-2)22(28)19(24(30)32-3)21(27)17-10-6-15(13-26)7-11-17/h4-11,18-21H,1-3H3. The highest BCUT2D eigenvalue weighted by Crippen LogP contribution is 2.46. The fourth-order valence-electron chi connectivity index (χ4n) is 4.26. The monoisotopic (exact) mass is 431 g/mol. The average molecular weight is 431 g/mol. The van der Waals surface area contributed by atoms with Gasteiger partial charge in [-0.2, -0.15) is 10.5 Å². The van der Waals surface area contributed by atoms with E-state index in [0.717, 1.165) is 0 Å². The van der Waals surface area contributed by atoms with Crippen LogP contribution in [-0.4, -0.2) is 43.9 Å². The number of Topliss-reactive ketones (excluding diaryl/α,β-unsaturated/α-hetero) is 1. The summed E-state index contributed by atoms with van der Waals surface area (Å²) in [5.41, 5.74) is 2.11. The molecule has 0 spiro atoms. The number of methoxy groups -OCH3 is 2. The topological polar surface area (TPSA) is 120 Å². The molecule has 8 heteroatoms. The molecule has 4 atom stereocenters. The molecule has 1 aliphatic heterocycles. The Kier molecular flexibility index (Phi) is 6.67. The molecule has 4 unspecified atom stereocenters. The molecule has 2 aromatic rings. The predicted molar refractivity (Wildman–Crippen MR) is 112 cm³/mol. The van der Waals surface area contributed by atoms with Gasteiger partial charge in [0.2, 0.25) is 0 Å². The van der Waals surface area contributed by atoms with E-state index in [4.69, 9.17) is 20.0 Å². The Labute approximate surface area is 185 Å². The van der Waals surface area contributed by atoms with E-state index in [0.29, 0.717) is 22.3 Å². The molecule has 0 amide bonds. The molecule has 3 rings (SSSR count). The lowest BCUT2D eigenvalue weighted by Crippen LogP contribution is -2.54. The van der Waals surface area contributed by atoms with E-state index in [2.05, 4.69) is 0 Å². The molecule has 2 aromatic carbocycles.